The van der Waals surface area contributed by atoms with Gasteiger partial charge in [0.15, 0.2) is 0 Å². The van der Waals surface area contributed by atoms with Gasteiger partial charge in [-0.1, -0.05) is 11.2 Å². The molecule has 2 amide bonds. The van der Waals surface area contributed by atoms with Crippen molar-refractivity contribution >= 4 is 11.8 Å². The van der Waals surface area contributed by atoms with Crippen molar-refractivity contribution in [3.05, 3.63) is 30.3 Å². The molecule has 8 nitrogen and oxygen atoms in total. The quantitative estimate of drug-likeness (QED) is 0.869. The molecule has 1 N–H and O–H groups in total. The monoisotopic (exact) mass is 357 g/mol. The van der Waals surface area contributed by atoms with Crippen LogP contribution in [-0.2, 0) is 16.0 Å². The van der Waals surface area contributed by atoms with Gasteiger partial charge in [0.05, 0.1) is 5.92 Å². The van der Waals surface area contributed by atoms with E-state index in [1.165, 1.54) is 0 Å². The summed E-state index contributed by atoms with van der Waals surface area (Å²) in [5.74, 6) is 0.455. The highest BCUT2D eigenvalue weighted by Gasteiger charge is 2.39. The predicted octanol–water partition coefficient (Wildman–Crippen LogP) is 1.44. The first-order chi connectivity index (χ1) is 12.3. The lowest BCUT2D eigenvalue weighted by Gasteiger charge is -2.31. The van der Waals surface area contributed by atoms with Crippen LogP contribution in [0.4, 0.5) is 0 Å². The van der Waals surface area contributed by atoms with E-state index in [2.05, 4.69) is 20.4 Å². The van der Waals surface area contributed by atoms with E-state index in [0.29, 0.717) is 36.9 Å². The summed E-state index contributed by atoms with van der Waals surface area (Å²) < 4.78 is 5.19. The first kappa shape index (κ1) is 18.0. The summed E-state index contributed by atoms with van der Waals surface area (Å²) in [5.41, 5.74) is 0.371. The molecule has 0 saturated carbocycles. The second-order valence-corrected chi connectivity index (χ2v) is 7.34. The number of nitrogens with zero attached hydrogens (tertiary/aromatic N) is 4. The van der Waals surface area contributed by atoms with Gasteiger partial charge in [-0.2, -0.15) is 4.98 Å². The number of amides is 2. The molecule has 0 aromatic carbocycles. The molecule has 1 atom stereocenters. The van der Waals surface area contributed by atoms with Crippen LogP contribution in [0.15, 0.2) is 28.9 Å². The van der Waals surface area contributed by atoms with Crippen molar-refractivity contribution in [3.63, 3.8) is 0 Å². The third-order valence-corrected chi connectivity index (χ3v) is 4.31. The van der Waals surface area contributed by atoms with Gasteiger partial charge in [0, 0.05) is 37.7 Å². The minimum absolute atomic E-state index is 0.0227. The van der Waals surface area contributed by atoms with E-state index in [9.17, 15) is 9.59 Å². The van der Waals surface area contributed by atoms with Crippen LogP contribution in [-0.4, -0.2) is 50.5 Å². The molecule has 0 unspecified atom stereocenters. The van der Waals surface area contributed by atoms with Gasteiger partial charge in [0.1, 0.15) is 5.69 Å². The highest BCUT2D eigenvalue weighted by Crippen LogP contribution is 2.25. The van der Waals surface area contributed by atoms with E-state index in [1.54, 1.807) is 17.2 Å². The van der Waals surface area contributed by atoms with Gasteiger partial charge in [-0.3, -0.25) is 14.6 Å². The summed E-state index contributed by atoms with van der Waals surface area (Å²) in [6, 6.07) is 5.46. The largest absolute Gasteiger partial charge is 0.355 e. The van der Waals surface area contributed by atoms with Crippen LogP contribution in [0.25, 0.3) is 11.5 Å². The number of pyridine rings is 1. The summed E-state index contributed by atoms with van der Waals surface area (Å²) in [4.78, 5) is 34.6. The molecule has 138 valence electrons. The highest BCUT2D eigenvalue weighted by molar-refractivity contribution is 5.89. The van der Waals surface area contributed by atoms with Crippen LogP contribution in [0, 0.1) is 5.92 Å². The molecule has 3 rings (SSSR count). The molecule has 0 bridgehead atoms. The average molecular weight is 357 g/mol. The fourth-order valence-corrected chi connectivity index (χ4v) is 2.92. The van der Waals surface area contributed by atoms with Gasteiger partial charge in [-0.25, -0.2) is 0 Å². The van der Waals surface area contributed by atoms with Crippen molar-refractivity contribution in [2.75, 3.05) is 13.1 Å². The first-order valence-electron chi connectivity index (χ1n) is 8.67. The Kier molecular flexibility index (Phi) is 5.01. The lowest BCUT2D eigenvalue weighted by atomic mass is 10.1. The molecule has 0 aliphatic carbocycles. The van der Waals surface area contributed by atoms with Gasteiger partial charge in [-0.05, 0) is 32.9 Å². The molecule has 0 spiro atoms. The van der Waals surface area contributed by atoms with Crippen molar-refractivity contribution in [1.82, 2.24) is 25.3 Å². The zero-order chi connectivity index (χ0) is 18.7. The lowest BCUT2D eigenvalue weighted by Crippen LogP contribution is -2.43. The van der Waals surface area contributed by atoms with Crippen LogP contribution in [0.5, 0.6) is 0 Å². The molecular weight excluding hydrogens is 334 g/mol. The smallest absolute Gasteiger partial charge is 0.228 e. The SMILES string of the molecule is CC(C)(C)N1C[C@@H](C(=O)NCCc2nc(-c3ccccn3)no2)CC1=O. The maximum Gasteiger partial charge on any atom is 0.228 e. The molecule has 26 heavy (non-hydrogen) atoms. The number of carbonyl (C=O) groups excluding carboxylic acids is 2. The summed E-state index contributed by atoms with van der Waals surface area (Å²) in [6.07, 6.45) is 2.35. The molecule has 0 radical (unpaired) electrons. The Balaban J connectivity index is 1.49. The minimum atomic E-state index is -0.312. The van der Waals surface area contributed by atoms with Gasteiger partial charge in [0.25, 0.3) is 0 Å². The number of rotatable bonds is 5. The zero-order valence-electron chi connectivity index (χ0n) is 15.2. The van der Waals surface area contributed by atoms with Crippen LogP contribution < -0.4 is 5.32 Å². The van der Waals surface area contributed by atoms with Gasteiger partial charge in [0.2, 0.25) is 23.5 Å². The summed E-state index contributed by atoms with van der Waals surface area (Å²) in [7, 11) is 0. The maximum atomic E-state index is 12.3. The Bertz CT molecular complexity index is 782. The molecule has 1 aliphatic heterocycles. The van der Waals surface area contributed by atoms with E-state index in [-0.39, 0.29) is 29.7 Å². The standard InChI is InChI=1S/C18H23N5O3/c1-18(2,3)23-11-12(10-15(23)24)17(25)20-9-7-14-21-16(22-26-14)13-6-4-5-8-19-13/h4-6,8,12H,7,9-11H2,1-3H3,(H,20,25)/t12-/m0/s1. The highest BCUT2D eigenvalue weighted by atomic mass is 16.5. The van der Waals surface area contributed by atoms with E-state index >= 15 is 0 Å². The Labute approximate surface area is 152 Å². The fraction of sp³-hybridized carbons (Fsp3) is 0.500. The van der Waals surface area contributed by atoms with Gasteiger partial charge < -0.3 is 14.7 Å². The van der Waals surface area contributed by atoms with Crippen molar-refractivity contribution in [2.24, 2.45) is 5.92 Å². The Morgan fingerprint density at radius 3 is 2.85 bits per heavy atom. The van der Waals surface area contributed by atoms with Crippen LogP contribution in [0.2, 0.25) is 0 Å². The Hall–Kier alpha value is -2.77. The molecule has 1 saturated heterocycles. The Morgan fingerprint density at radius 1 is 1.38 bits per heavy atom. The van der Waals surface area contributed by atoms with Crippen LogP contribution in [0.1, 0.15) is 33.1 Å². The Morgan fingerprint density at radius 2 is 2.19 bits per heavy atom. The summed E-state index contributed by atoms with van der Waals surface area (Å²) in [5, 5.41) is 6.75. The minimum Gasteiger partial charge on any atom is -0.355 e. The number of carbonyl (C=O) groups is 2. The molecule has 1 aliphatic rings. The molecule has 3 heterocycles. The predicted molar refractivity (Wildman–Crippen MR) is 93.8 cm³/mol. The first-order valence-corrected chi connectivity index (χ1v) is 8.67. The van der Waals surface area contributed by atoms with Crippen molar-refractivity contribution < 1.29 is 14.1 Å². The number of hydrogen-bond acceptors (Lipinski definition) is 6. The van der Waals surface area contributed by atoms with Crippen molar-refractivity contribution in [3.8, 4) is 11.5 Å². The van der Waals surface area contributed by atoms with E-state index in [4.69, 9.17) is 4.52 Å². The van der Waals surface area contributed by atoms with Crippen LogP contribution >= 0.6 is 0 Å². The van der Waals surface area contributed by atoms with E-state index in [0.717, 1.165) is 0 Å². The van der Waals surface area contributed by atoms with Crippen LogP contribution in [0.3, 0.4) is 0 Å². The molecular formula is C18H23N5O3. The fourth-order valence-electron chi connectivity index (χ4n) is 2.92. The molecule has 2 aromatic rings. The zero-order valence-corrected chi connectivity index (χ0v) is 15.2. The molecule has 2 aromatic heterocycles. The molecule has 8 heteroatoms. The van der Waals surface area contributed by atoms with E-state index in [1.807, 2.05) is 32.9 Å². The number of aromatic nitrogens is 3. The second kappa shape index (κ2) is 7.23. The normalized spacial score (nSPS) is 17.6. The third kappa shape index (κ3) is 4.07. The molecule has 1 fully saturated rings. The maximum absolute atomic E-state index is 12.3. The average Bonchev–Trinajstić information content (AvgIpc) is 3.22. The van der Waals surface area contributed by atoms with Gasteiger partial charge >= 0.3 is 0 Å². The van der Waals surface area contributed by atoms with Crippen molar-refractivity contribution in [2.45, 2.75) is 39.2 Å². The third-order valence-electron chi connectivity index (χ3n) is 4.31. The van der Waals surface area contributed by atoms with Crippen molar-refractivity contribution in [1.29, 1.82) is 0 Å². The summed E-state index contributed by atoms with van der Waals surface area (Å²) in [6.45, 7) is 6.75. The lowest BCUT2D eigenvalue weighted by molar-refractivity contribution is -0.132. The number of nitrogens with one attached hydrogen (secondary N) is 1. The van der Waals surface area contributed by atoms with E-state index < -0.39 is 0 Å². The summed E-state index contributed by atoms with van der Waals surface area (Å²) >= 11 is 0. The van der Waals surface area contributed by atoms with Gasteiger partial charge in [-0.15, -0.1) is 0 Å². The second-order valence-electron chi connectivity index (χ2n) is 7.34. The topological polar surface area (TPSA) is 101 Å². The number of likely N-dealkylation sites (tertiary alicyclic amines) is 1. The number of hydrogen-bond donors (Lipinski definition) is 1.